The maximum Gasteiger partial charge on any atom is 0.0560 e. The van der Waals surface area contributed by atoms with Crippen LogP contribution in [0.1, 0.15) is 25.8 Å². The average molecular weight is 257 g/mol. The maximum atomic E-state index is 4.25. The molecular formula is C16H23N3. The van der Waals surface area contributed by atoms with Gasteiger partial charge in [-0.3, -0.25) is 4.68 Å². The number of nitrogens with zero attached hydrogens (tertiary/aromatic N) is 2. The number of hydrogen-bond acceptors (Lipinski definition) is 2. The van der Waals surface area contributed by atoms with Crippen molar-refractivity contribution in [2.45, 2.75) is 45.3 Å². The van der Waals surface area contributed by atoms with E-state index in [9.17, 15) is 0 Å². The summed E-state index contributed by atoms with van der Waals surface area (Å²) >= 11 is 0. The Labute approximate surface area is 115 Å². The third-order valence-corrected chi connectivity index (χ3v) is 3.36. The van der Waals surface area contributed by atoms with Gasteiger partial charge in [-0.15, -0.1) is 0 Å². The number of hydrogen-bond donors (Lipinski definition) is 1. The summed E-state index contributed by atoms with van der Waals surface area (Å²) in [6.07, 6.45) is 6.06. The summed E-state index contributed by atoms with van der Waals surface area (Å²) in [5.74, 6) is 0. The zero-order chi connectivity index (χ0) is 13.5. The second-order valence-corrected chi connectivity index (χ2v) is 5.09. The predicted octanol–water partition coefficient (Wildman–Crippen LogP) is 2.88. The number of aromatic nitrogens is 2. The van der Waals surface area contributed by atoms with Crippen LogP contribution in [0.15, 0.2) is 48.8 Å². The zero-order valence-electron chi connectivity index (χ0n) is 11.8. The smallest absolute Gasteiger partial charge is 0.0560 e. The van der Waals surface area contributed by atoms with E-state index in [-0.39, 0.29) is 0 Å². The Morgan fingerprint density at radius 3 is 2.63 bits per heavy atom. The zero-order valence-corrected chi connectivity index (χ0v) is 11.8. The van der Waals surface area contributed by atoms with Crippen LogP contribution in [-0.4, -0.2) is 21.9 Å². The van der Waals surface area contributed by atoms with Crippen LogP contribution in [0.25, 0.3) is 0 Å². The predicted molar refractivity (Wildman–Crippen MR) is 79.0 cm³/mol. The van der Waals surface area contributed by atoms with Gasteiger partial charge in [0, 0.05) is 24.5 Å². The molecular weight excluding hydrogens is 234 g/mol. The van der Waals surface area contributed by atoms with E-state index in [1.807, 2.05) is 23.1 Å². The Bertz CT molecular complexity index is 450. The Hall–Kier alpha value is -1.61. The quantitative estimate of drug-likeness (QED) is 0.826. The van der Waals surface area contributed by atoms with E-state index in [0.717, 1.165) is 19.4 Å². The first kappa shape index (κ1) is 13.8. The summed E-state index contributed by atoms with van der Waals surface area (Å²) in [5.41, 5.74) is 1.40. The molecule has 0 spiro atoms. The van der Waals surface area contributed by atoms with Crippen molar-refractivity contribution in [3.8, 4) is 0 Å². The first-order valence-corrected chi connectivity index (χ1v) is 7.05. The molecule has 1 aromatic carbocycles. The lowest BCUT2D eigenvalue weighted by Crippen LogP contribution is -2.40. The van der Waals surface area contributed by atoms with Gasteiger partial charge in [0.15, 0.2) is 0 Å². The molecule has 0 saturated carbocycles. The Morgan fingerprint density at radius 2 is 2.00 bits per heavy atom. The number of benzene rings is 1. The van der Waals surface area contributed by atoms with Crippen LogP contribution in [0.2, 0.25) is 0 Å². The van der Waals surface area contributed by atoms with Crippen molar-refractivity contribution in [2.24, 2.45) is 0 Å². The van der Waals surface area contributed by atoms with Crippen molar-refractivity contribution < 1.29 is 0 Å². The second kappa shape index (κ2) is 7.10. The molecule has 3 heteroatoms. The highest BCUT2D eigenvalue weighted by molar-refractivity contribution is 5.15. The highest BCUT2D eigenvalue weighted by Gasteiger charge is 2.11. The molecule has 1 aromatic heterocycles. The fraction of sp³-hybridized carbons (Fsp3) is 0.438. The molecule has 2 rings (SSSR count). The molecule has 0 radical (unpaired) electrons. The fourth-order valence-electron chi connectivity index (χ4n) is 2.36. The molecule has 0 amide bonds. The van der Waals surface area contributed by atoms with Gasteiger partial charge in [-0.2, -0.15) is 5.10 Å². The molecule has 1 N–H and O–H groups in total. The van der Waals surface area contributed by atoms with Gasteiger partial charge in [-0.1, -0.05) is 37.3 Å². The first-order chi connectivity index (χ1) is 9.28. The second-order valence-electron chi connectivity index (χ2n) is 5.09. The number of rotatable bonds is 7. The fourth-order valence-corrected chi connectivity index (χ4v) is 2.36. The lowest BCUT2D eigenvalue weighted by atomic mass is 10.0. The van der Waals surface area contributed by atoms with E-state index in [1.54, 1.807) is 0 Å². The summed E-state index contributed by atoms with van der Waals surface area (Å²) in [6.45, 7) is 5.37. The van der Waals surface area contributed by atoms with Crippen LogP contribution in [0.4, 0.5) is 0 Å². The molecule has 3 nitrogen and oxygen atoms in total. The Kier molecular flexibility index (Phi) is 5.16. The molecule has 2 unspecified atom stereocenters. The van der Waals surface area contributed by atoms with Crippen molar-refractivity contribution in [1.82, 2.24) is 15.1 Å². The lowest BCUT2D eigenvalue weighted by Gasteiger charge is -2.22. The van der Waals surface area contributed by atoms with Crippen LogP contribution in [0.3, 0.4) is 0 Å². The largest absolute Gasteiger partial charge is 0.309 e. The molecule has 0 saturated heterocycles. The standard InChI is InChI=1S/C16H23N3/c1-3-16(12-15-8-5-4-6-9-15)18-14(2)13-19-11-7-10-17-19/h4-11,14,16,18H,3,12-13H2,1-2H3. The van der Waals surface area contributed by atoms with Crippen LogP contribution in [0.5, 0.6) is 0 Å². The SMILES string of the molecule is CCC(Cc1ccccc1)NC(C)Cn1cccn1. The van der Waals surface area contributed by atoms with Gasteiger partial charge in [0.1, 0.15) is 0 Å². The molecule has 102 valence electrons. The van der Waals surface area contributed by atoms with E-state index >= 15 is 0 Å². The van der Waals surface area contributed by atoms with Crippen LogP contribution < -0.4 is 5.32 Å². The van der Waals surface area contributed by atoms with Gasteiger partial charge in [0.2, 0.25) is 0 Å². The molecule has 0 aliphatic rings. The third kappa shape index (κ3) is 4.52. The molecule has 2 atom stereocenters. The molecule has 2 aromatic rings. The Morgan fingerprint density at radius 1 is 1.21 bits per heavy atom. The summed E-state index contributed by atoms with van der Waals surface area (Å²) < 4.78 is 1.98. The monoisotopic (exact) mass is 257 g/mol. The summed E-state index contributed by atoms with van der Waals surface area (Å²) in [6, 6.07) is 13.6. The van der Waals surface area contributed by atoms with Crippen LogP contribution in [0, 0.1) is 0 Å². The van der Waals surface area contributed by atoms with E-state index in [2.05, 4.69) is 54.6 Å². The van der Waals surface area contributed by atoms with Gasteiger partial charge < -0.3 is 5.32 Å². The molecule has 0 aliphatic heterocycles. The molecule has 0 fully saturated rings. The van der Waals surface area contributed by atoms with Gasteiger partial charge in [0.05, 0.1) is 6.54 Å². The van der Waals surface area contributed by atoms with Crippen molar-refractivity contribution in [1.29, 1.82) is 0 Å². The minimum absolute atomic E-state index is 0.425. The summed E-state index contributed by atoms with van der Waals surface area (Å²) in [4.78, 5) is 0. The highest BCUT2D eigenvalue weighted by Crippen LogP contribution is 2.06. The van der Waals surface area contributed by atoms with Gasteiger partial charge in [-0.05, 0) is 31.4 Å². The summed E-state index contributed by atoms with van der Waals surface area (Å²) in [5, 5.41) is 7.94. The normalized spacial score (nSPS) is 14.2. The summed E-state index contributed by atoms with van der Waals surface area (Å²) in [7, 11) is 0. The minimum Gasteiger partial charge on any atom is -0.309 e. The van der Waals surface area contributed by atoms with Crippen molar-refractivity contribution in [3.63, 3.8) is 0 Å². The van der Waals surface area contributed by atoms with Gasteiger partial charge >= 0.3 is 0 Å². The first-order valence-electron chi connectivity index (χ1n) is 7.05. The molecule has 0 aliphatic carbocycles. The van der Waals surface area contributed by atoms with E-state index in [0.29, 0.717) is 12.1 Å². The van der Waals surface area contributed by atoms with Crippen LogP contribution in [-0.2, 0) is 13.0 Å². The average Bonchev–Trinajstić information content (AvgIpc) is 2.92. The lowest BCUT2D eigenvalue weighted by molar-refractivity contribution is 0.384. The van der Waals surface area contributed by atoms with Crippen molar-refractivity contribution in [3.05, 3.63) is 54.4 Å². The number of nitrogens with one attached hydrogen (secondary N) is 1. The third-order valence-electron chi connectivity index (χ3n) is 3.36. The molecule has 0 bridgehead atoms. The van der Waals surface area contributed by atoms with Gasteiger partial charge in [0.25, 0.3) is 0 Å². The van der Waals surface area contributed by atoms with Crippen LogP contribution >= 0.6 is 0 Å². The maximum absolute atomic E-state index is 4.25. The topological polar surface area (TPSA) is 29.9 Å². The molecule has 19 heavy (non-hydrogen) atoms. The van der Waals surface area contributed by atoms with Crippen molar-refractivity contribution in [2.75, 3.05) is 0 Å². The highest BCUT2D eigenvalue weighted by atomic mass is 15.3. The molecule has 1 heterocycles. The van der Waals surface area contributed by atoms with E-state index in [4.69, 9.17) is 0 Å². The Balaban J connectivity index is 1.84. The van der Waals surface area contributed by atoms with Gasteiger partial charge in [-0.25, -0.2) is 0 Å². The minimum atomic E-state index is 0.425. The van der Waals surface area contributed by atoms with E-state index in [1.165, 1.54) is 5.56 Å². The van der Waals surface area contributed by atoms with E-state index < -0.39 is 0 Å². The van der Waals surface area contributed by atoms with Crippen molar-refractivity contribution >= 4 is 0 Å².